The lowest BCUT2D eigenvalue weighted by molar-refractivity contribution is 0.0955. The second-order valence-corrected chi connectivity index (χ2v) is 6.78. The van der Waals surface area contributed by atoms with Gasteiger partial charge in [-0.05, 0) is 38.1 Å². The van der Waals surface area contributed by atoms with Gasteiger partial charge in [-0.15, -0.1) is 0 Å². The zero-order valence-corrected chi connectivity index (χ0v) is 16.5. The quantitative estimate of drug-likeness (QED) is 0.519. The van der Waals surface area contributed by atoms with Crippen molar-refractivity contribution in [2.45, 2.75) is 13.8 Å². The Labute approximate surface area is 169 Å². The third kappa shape index (κ3) is 5.44. The number of rotatable bonds is 7. The fourth-order valence-electron chi connectivity index (χ4n) is 2.59. The predicted octanol–water partition coefficient (Wildman–Crippen LogP) is 4.33. The first-order chi connectivity index (χ1) is 13.5. The smallest absolute Gasteiger partial charge is 0.252 e. The largest absolute Gasteiger partial charge is 0.352 e. The Morgan fingerprint density at radius 1 is 1.00 bits per heavy atom. The fourth-order valence-corrected chi connectivity index (χ4v) is 2.81. The van der Waals surface area contributed by atoms with Crippen LogP contribution in [-0.2, 0) is 0 Å². The molecule has 0 aliphatic heterocycles. The standard InChI is InChI=1S/C21H22ClN5O/c1-14-7-9-16(10-8-14)26-19-13-15(2)25-21(27-19)24-12-11-23-20(28)17-5-3-4-6-18(17)22/h3-10,13H,11-12H2,1-2H3,(H,23,28)(H2,24,25,26,27). The van der Waals surface area contributed by atoms with Crippen LogP contribution in [0.15, 0.2) is 54.6 Å². The van der Waals surface area contributed by atoms with E-state index in [9.17, 15) is 4.79 Å². The van der Waals surface area contributed by atoms with E-state index in [4.69, 9.17) is 11.6 Å². The number of hydrogen-bond acceptors (Lipinski definition) is 5. The van der Waals surface area contributed by atoms with Crippen molar-refractivity contribution < 1.29 is 4.79 Å². The van der Waals surface area contributed by atoms with Crippen LogP contribution in [-0.4, -0.2) is 29.0 Å². The molecule has 0 bridgehead atoms. The van der Waals surface area contributed by atoms with E-state index in [1.165, 1.54) is 5.56 Å². The van der Waals surface area contributed by atoms with Crippen molar-refractivity contribution in [1.29, 1.82) is 0 Å². The topological polar surface area (TPSA) is 78.9 Å². The molecule has 0 aliphatic carbocycles. The van der Waals surface area contributed by atoms with Crippen LogP contribution in [0.1, 0.15) is 21.6 Å². The van der Waals surface area contributed by atoms with Gasteiger partial charge in [0.1, 0.15) is 5.82 Å². The summed E-state index contributed by atoms with van der Waals surface area (Å²) in [5, 5.41) is 9.67. The lowest BCUT2D eigenvalue weighted by Gasteiger charge is -2.11. The summed E-state index contributed by atoms with van der Waals surface area (Å²) in [5.74, 6) is 1.000. The number of benzene rings is 2. The van der Waals surface area contributed by atoms with Crippen molar-refractivity contribution in [1.82, 2.24) is 15.3 Å². The highest BCUT2D eigenvalue weighted by Crippen LogP contribution is 2.17. The molecule has 0 saturated carbocycles. The lowest BCUT2D eigenvalue weighted by atomic mass is 10.2. The summed E-state index contributed by atoms with van der Waals surface area (Å²) < 4.78 is 0. The number of halogens is 1. The minimum absolute atomic E-state index is 0.209. The summed E-state index contributed by atoms with van der Waals surface area (Å²) in [6.07, 6.45) is 0. The molecule has 0 fully saturated rings. The van der Waals surface area contributed by atoms with Crippen LogP contribution >= 0.6 is 11.6 Å². The first kappa shape index (κ1) is 19.6. The van der Waals surface area contributed by atoms with Crippen LogP contribution in [0.25, 0.3) is 0 Å². The molecule has 2 aromatic carbocycles. The number of aryl methyl sites for hydroxylation is 2. The molecule has 6 nitrogen and oxygen atoms in total. The summed E-state index contributed by atoms with van der Waals surface area (Å²) in [4.78, 5) is 21.0. The molecule has 1 heterocycles. The first-order valence-corrected chi connectivity index (χ1v) is 9.35. The van der Waals surface area contributed by atoms with Gasteiger partial charge in [0.15, 0.2) is 0 Å². The van der Waals surface area contributed by atoms with Crippen LogP contribution in [0.2, 0.25) is 5.02 Å². The number of carbonyl (C=O) groups is 1. The van der Waals surface area contributed by atoms with Crippen molar-refractivity contribution >= 4 is 35.0 Å². The molecule has 1 aromatic heterocycles. The Hall–Kier alpha value is -3.12. The second kappa shape index (κ2) is 9.19. The third-order valence-corrected chi connectivity index (χ3v) is 4.32. The molecular weight excluding hydrogens is 374 g/mol. The van der Waals surface area contributed by atoms with E-state index in [2.05, 4.69) is 25.9 Å². The van der Waals surface area contributed by atoms with Crippen LogP contribution in [0.3, 0.4) is 0 Å². The molecule has 0 unspecified atom stereocenters. The van der Waals surface area contributed by atoms with Gasteiger partial charge < -0.3 is 16.0 Å². The van der Waals surface area contributed by atoms with E-state index in [1.807, 2.05) is 44.2 Å². The predicted molar refractivity (Wildman–Crippen MR) is 114 cm³/mol. The summed E-state index contributed by atoms with van der Waals surface area (Å²) >= 11 is 6.03. The van der Waals surface area contributed by atoms with Gasteiger partial charge in [-0.25, -0.2) is 4.98 Å². The summed E-state index contributed by atoms with van der Waals surface area (Å²) in [7, 11) is 0. The maximum absolute atomic E-state index is 12.1. The molecule has 28 heavy (non-hydrogen) atoms. The molecule has 3 N–H and O–H groups in total. The summed E-state index contributed by atoms with van der Waals surface area (Å²) in [5.41, 5.74) is 3.46. The van der Waals surface area contributed by atoms with Gasteiger partial charge in [-0.3, -0.25) is 4.79 Å². The molecule has 0 spiro atoms. The van der Waals surface area contributed by atoms with Crippen LogP contribution in [0.4, 0.5) is 17.5 Å². The number of hydrogen-bond donors (Lipinski definition) is 3. The van der Waals surface area contributed by atoms with Gasteiger partial charge in [0.05, 0.1) is 10.6 Å². The van der Waals surface area contributed by atoms with Gasteiger partial charge in [0.2, 0.25) is 5.95 Å². The molecule has 3 rings (SSSR count). The highest BCUT2D eigenvalue weighted by atomic mass is 35.5. The van der Waals surface area contributed by atoms with Crippen LogP contribution in [0.5, 0.6) is 0 Å². The van der Waals surface area contributed by atoms with Crippen molar-refractivity contribution in [3.63, 3.8) is 0 Å². The highest BCUT2D eigenvalue weighted by molar-refractivity contribution is 6.33. The number of carbonyl (C=O) groups excluding carboxylic acids is 1. The van der Waals surface area contributed by atoms with Gasteiger partial charge >= 0.3 is 0 Å². The number of nitrogens with one attached hydrogen (secondary N) is 3. The Morgan fingerprint density at radius 2 is 1.75 bits per heavy atom. The zero-order valence-electron chi connectivity index (χ0n) is 15.8. The molecule has 0 saturated heterocycles. The van der Waals surface area contributed by atoms with Crippen LogP contribution < -0.4 is 16.0 Å². The highest BCUT2D eigenvalue weighted by Gasteiger charge is 2.08. The number of anilines is 3. The summed E-state index contributed by atoms with van der Waals surface area (Å²) in [6, 6.07) is 16.9. The van der Waals surface area contributed by atoms with E-state index < -0.39 is 0 Å². The molecule has 0 atom stereocenters. The Balaban J connectivity index is 1.54. The Morgan fingerprint density at radius 3 is 2.50 bits per heavy atom. The van der Waals surface area contributed by atoms with Crippen molar-refractivity contribution in [3.8, 4) is 0 Å². The Bertz CT molecular complexity index is 959. The molecule has 3 aromatic rings. The molecule has 0 radical (unpaired) electrons. The number of nitrogens with zero attached hydrogens (tertiary/aromatic N) is 2. The van der Waals surface area contributed by atoms with Gasteiger partial charge in [0.25, 0.3) is 5.91 Å². The molecule has 7 heteroatoms. The monoisotopic (exact) mass is 395 g/mol. The maximum Gasteiger partial charge on any atom is 0.252 e. The average molecular weight is 396 g/mol. The van der Waals surface area contributed by atoms with E-state index in [0.29, 0.717) is 35.4 Å². The Kier molecular flexibility index (Phi) is 6.45. The van der Waals surface area contributed by atoms with E-state index in [1.54, 1.807) is 24.3 Å². The average Bonchev–Trinajstić information content (AvgIpc) is 2.67. The fraction of sp³-hybridized carbons (Fsp3) is 0.190. The van der Waals surface area contributed by atoms with Crippen molar-refractivity contribution in [2.75, 3.05) is 23.7 Å². The van der Waals surface area contributed by atoms with E-state index in [-0.39, 0.29) is 5.91 Å². The van der Waals surface area contributed by atoms with Gasteiger partial charge in [0, 0.05) is 30.5 Å². The first-order valence-electron chi connectivity index (χ1n) is 8.97. The number of amides is 1. The third-order valence-electron chi connectivity index (χ3n) is 3.99. The van der Waals surface area contributed by atoms with Crippen molar-refractivity contribution in [2.24, 2.45) is 0 Å². The minimum Gasteiger partial charge on any atom is -0.352 e. The number of aromatic nitrogens is 2. The maximum atomic E-state index is 12.1. The SMILES string of the molecule is Cc1ccc(Nc2cc(C)nc(NCCNC(=O)c3ccccc3Cl)n2)cc1. The minimum atomic E-state index is -0.209. The van der Waals surface area contributed by atoms with E-state index >= 15 is 0 Å². The lowest BCUT2D eigenvalue weighted by Crippen LogP contribution is -2.29. The van der Waals surface area contributed by atoms with E-state index in [0.717, 1.165) is 11.4 Å². The second-order valence-electron chi connectivity index (χ2n) is 6.37. The summed E-state index contributed by atoms with van der Waals surface area (Å²) in [6.45, 7) is 4.86. The molecular formula is C21H22ClN5O. The molecule has 1 amide bonds. The van der Waals surface area contributed by atoms with Crippen molar-refractivity contribution in [3.05, 3.63) is 76.4 Å². The zero-order chi connectivity index (χ0) is 19.9. The normalized spacial score (nSPS) is 10.4. The molecule has 144 valence electrons. The van der Waals surface area contributed by atoms with Crippen LogP contribution in [0, 0.1) is 13.8 Å². The molecule has 0 aliphatic rings. The van der Waals surface area contributed by atoms with Gasteiger partial charge in [-0.2, -0.15) is 4.98 Å². The van der Waals surface area contributed by atoms with Gasteiger partial charge in [-0.1, -0.05) is 41.4 Å².